The molecular formula is C7H12OS. The fraction of sp³-hybridized carbons (Fsp3) is 0.714. The zero-order valence-corrected chi connectivity index (χ0v) is 6.75. The van der Waals surface area contributed by atoms with Gasteiger partial charge in [0.15, 0.2) is 0 Å². The average Bonchev–Trinajstić information content (AvgIpc) is 1.63. The molecule has 0 fully saturated rings. The number of ketones is 1. The molecule has 0 saturated carbocycles. The maximum Gasteiger partial charge on any atom is 0.129 e. The maximum absolute atomic E-state index is 10.4. The lowest BCUT2D eigenvalue weighted by molar-refractivity contribution is -0.117. The van der Waals surface area contributed by atoms with Crippen molar-refractivity contribution in [2.45, 2.75) is 33.1 Å². The van der Waals surface area contributed by atoms with Crippen LogP contribution in [0.3, 0.4) is 0 Å². The zero-order chi connectivity index (χ0) is 7.28. The minimum Gasteiger partial charge on any atom is -0.300 e. The Bertz CT molecular complexity index is 104. The summed E-state index contributed by atoms with van der Waals surface area (Å²) in [5.74, 6) is 0.256. The molecule has 0 aromatic rings. The summed E-state index contributed by atoms with van der Waals surface area (Å²) in [6.45, 7) is 3.52. The lowest BCUT2D eigenvalue weighted by atomic mass is 10.1. The van der Waals surface area contributed by atoms with Gasteiger partial charge in [-0.05, 0) is 31.6 Å². The highest BCUT2D eigenvalue weighted by atomic mass is 32.1. The first kappa shape index (κ1) is 8.76. The first-order chi connectivity index (χ1) is 4.13. The molecule has 0 saturated heterocycles. The molecule has 0 unspecified atom stereocenters. The highest BCUT2D eigenvalue weighted by Gasteiger charge is 1.93. The van der Waals surface area contributed by atoms with Crippen molar-refractivity contribution in [1.82, 2.24) is 0 Å². The minimum atomic E-state index is 0.256. The molecule has 0 spiro atoms. The van der Waals surface area contributed by atoms with Gasteiger partial charge in [-0.15, -0.1) is 0 Å². The predicted molar refractivity (Wildman–Crippen MR) is 42.8 cm³/mol. The molecular weight excluding hydrogens is 132 g/mol. The molecule has 0 amide bonds. The quantitative estimate of drug-likeness (QED) is 0.562. The third kappa shape index (κ3) is 7.76. The molecule has 52 valence electrons. The molecule has 0 heterocycles. The SMILES string of the molecule is CC(=O)CCCC(C)=S. The van der Waals surface area contributed by atoms with Gasteiger partial charge in [-0.1, -0.05) is 12.2 Å². The van der Waals surface area contributed by atoms with E-state index in [1.807, 2.05) is 6.92 Å². The van der Waals surface area contributed by atoms with E-state index >= 15 is 0 Å². The summed E-state index contributed by atoms with van der Waals surface area (Å²) in [7, 11) is 0. The van der Waals surface area contributed by atoms with Crippen LogP contribution in [0.25, 0.3) is 0 Å². The van der Waals surface area contributed by atoms with E-state index in [2.05, 4.69) is 0 Å². The van der Waals surface area contributed by atoms with Crippen molar-refractivity contribution >= 4 is 22.9 Å². The first-order valence-electron chi connectivity index (χ1n) is 3.12. The van der Waals surface area contributed by atoms with Gasteiger partial charge in [0.2, 0.25) is 0 Å². The molecule has 0 atom stereocenters. The fourth-order valence-electron chi connectivity index (χ4n) is 0.586. The summed E-state index contributed by atoms with van der Waals surface area (Å²) in [6, 6.07) is 0. The van der Waals surface area contributed by atoms with E-state index in [4.69, 9.17) is 12.2 Å². The highest BCUT2D eigenvalue weighted by molar-refractivity contribution is 7.80. The molecule has 0 aliphatic carbocycles. The molecule has 0 N–H and O–H groups in total. The first-order valence-corrected chi connectivity index (χ1v) is 3.52. The van der Waals surface area contributed by atoms with E-state index in [9.17, 15) is 4.79 Å². The van der Waals surface area contributed by atoms with E-state index in [0.29, 0.717) is 6.42 Å². The van der Waals surface area contributed by atoms with Crippen molar-refractivity contribution in [1.29, 1.82) is 0 Å². The van der Waals surface area contributed by atoms with E-state index in [1.54, 1.807) is 6.92 Å². The van der Waals surface area contributed by atoms with Crippen LogP contribution < -0.4 is 0 Å². The second-order valence-corrected chi connectivity index (χ2v) is 2.95. The third-order valence-corrected chi connectivity index (χ3v) is 1.26. The summed E-state index contributed by atoms with van der Waals surface area (Å²) in [6.07, 6.45) is 2.51. The van der Waals surface area contributed by atoms with Crippen LogP contribution in [0.15, 0.2) is 0 Å². The van der Waals surface area contributed by atoms with Crippen LogP contribution in [-0.2, 0) is 4.79 Å². The van der Waals surface area contributed by atoms with Gasteiger partial charge in [0.05, 0.1) is 0 Å². The number of rotatable bonds is 4. The molecule has 0 aliphatic heterocycles. The van der Waals surface area contributed by atoms with Crippen LogP contribution in [0.4, 0.5) is 0 Å². The standard InChI is InChI=1S/C7H12OS/c1-6(8)4-3-5-7(2)9/h3-5H2,1-2H3. The third-order valence-electron chi connectivity index (χ3n) is 1.06. The van der Waals surface area contributed by atoms with Gasteiger partial charge < -0.3 is 4.79 Å². The van der Waals surface area contributed by atoms with Crippen molar-refractivity contribution < 1.29 is 4.79 Å². The van der Waals surface area contributed by atoms with Gasteiger partial charge in [-0.2, -0.15) is 0 Å². The van der Waals surface area contributed by atoms with E-state index in [1.165, 1.54) is 0 Å². The Balaban J connectivity index is 3.10. The summed E-state index contributed by atoms with van der Waals surface area (Å²) in [5, 5.41) is 0. The molecule has 0 bridgehead atoms. The fourth-order valence-corrected chi connectivity index (χ4v) is 0.731. The van der Waals surface area contributed by atoms with E-state index in [-0.39, 0.29) is 5.78 Å². The van der Waals surface area contributed by atoms with Crippen molar-refractivity contribution in [3.63, 3.8) is 0 Å². The number of Topliss-reactive ketones (excluding diaryl/α,β-unsaturated/α-hetero) is 1. The lowest BCUT2D eigenvalue weighted by Gasteiger charge is -1.93. The summed E-state index contributed by atoms with van der Waals surface area (Å²) < 4.78 is 0. The molecule has 0 aromatic heterocycles. The van der Waals surface area contributed by atoms with Crippen LogP contribution in [0.2, 0.25) is 0 Å². The Morgan fingerprint density at radius 2 is 1.89 bits per heavy atom. The lowest BCUT2D eigenvalue weighted by Crippen LogP contribution is -1.92. The van der Waals surface area contributed by atoms with Crippen LogP contribution in [0, 0.1) is 0 Å². The number of carbonyl (C=O) groups is 1. The van der Waals surface area contributed by atoms with E-state index < -0.39 is 0 Å². The predicted octanol–water partition coefficient (Wildman–Crippen LogP) is 2.14. The topological polar surface area (TPSA) is 17.1 Å². The highest BCUT2D eigenvalue weighted by Crippen LogP contribution is 1.97. The summed E-state index contributed by atoms with van der Waals surface area (Å²) in [5.41, 5.74) is 0. The maximum atomic E-state index is 10.4. The van der Waals surface area contributed by atoms with Crippen molar-refractivity contribution in [2.24, 2.45) is 0 Å². The number of carbonyl (C=O) groups excluding carboxylic acids is 1. The Morgan fingerprint density at radius 1 is 1.33 bits per heavy atom. The molecule has 2 heteroatoms. The van der Waals surface area contributed by atoms with Crippen LogP contribution >= 0.6 is 12.2 Å². The summed E-state index contributed by atoms with van der Waals surface area (Å²) in [4.78, 5) is 11.4. The smallest absolute Gasteiger partial charge is 0.129 e. The Kier molecular flexibility index (Phi) is 4.50. The molecule has 0 aliphatic rings. The largest absolute Gasteiger partial charge is 0.300 e. The van der Waals surface area contributed by atoms with Crippen molar-refractivity contribution in [3.05, 3.63) is 0 Å². The molecule has 1 nitrogen and oxygen atoms in total. The Morgan fingerprint density at radius 3 is 2.22 bits per heavy atom. The Hall–Kier alpha value is -0.240. The van der Waals surface area contributed by atoms with Gasteiger partial charge in [0.1, 0.15) is 5.78 Å². The monoisotopic (exact) mass is 144 g/mol. The van der Waals surface area contributed by atoms with Crippen LogP contribution in [0.1, 0.15) is 33.1 Å². The number of thiocarbonyl (C=S) groups is 1. The molecule has 9 heavy (non-hydrogen) atoms. The van der Waals surface area contributed by atoms with Gasteiger partial charge in [0, 0.05) is 6.42 Å². The number of hydrogen-bond acceptors (Lipinski definition) is 2. The van der Waals surface area contributed by atoms with Gasteiger partial charge >= 0.3 is 0 Å². The minimum absolute atomic E-state index is 0.256. The molecule has 0 radical (unpaired) electrons. The van der Waals surface area contributed by atoms with Crippen LogP contribution in [-0.4, -0.2) is 10.6 Å². The molecule has 0 aromatic carbocycles. The number of hydrogen-bond donors (Lipinski definition) is 0. The van der Waals surface area contributed by atoms with Gasteiger partial charge in [-0.3, -0.25) is 0 Å². The average molecular weight is 144 g/mol. The Labute approximate surface area is 61.4 Å². The zero-order valence-electron chi connectivity index (χ0n) is 5.94. The van der Waals surface area contributed by atoms with Crippen molar-refractivity contribution in [2.75, 3.05) is 0 Å². The second kappa shape index (κ2) is 4.62. The molecule has 0 rings (SSSR count). The van der Waals surface area contributed by atoms with Gasteiger partial charge in [0.25, 0.3) is 0 Å². The summed E-state index contributed by atoms with van der Waals surface area (Å²) >= 11 is 4.84. The van der Waals surface area contributed by atoms with Gasteiger partial charge in [-0.25, -0.2) is 0 Å². The van der Waals surface area contributed by atoms with Crippen molar-refractivity contribution in [3.8, 4) is 0 Å². The second-order valence-electron chi connectivity index (χ2n) is 2.26. The normalized spacial score (nSPS) is 9.11. The van der Waals surface area contributed by atoms with E-state index in [0.717, 1.165) is 17.7 Å². The van der Waals surface area contributed by atoms with Crippen LogP contribution in [0.5, 0.6) is 0 Å².